The number of urea groups is 1. The summed E-state index contributed by atoms with van der Waals surface area (Å²) < 4.78 is 12.8. The van der Waals surface area contributed by atoms with E-state index in [1.54, 1.807) is 36.0 Å². The normalized spacial score (nSPS) is 18.3. The molecule has 8 nitrogen and oxygen atoms in total. The van der Waals surface area contributed by atoms with E-state index >= 15 is 0 Å². The Morgan fingerprint density at radius 3 is 2.17 bits per heavy atom. The van der Waals surface area contributed by atoms with Crippen LogP contribution in [0.15, 0.2) is 108 Å². The van der Waals surface area contributed by atoms with Crippen LogP contribution in [-0.2, 0) is 22.6 Å². The topological polar surface area (TPSA) is 117 Å². The van der Waals surface area contributed by atoms with Gasteiger partial charge in [0.05, 0.1) is 24.4 Å². The van der Waals surface area contributed by atoms with Gasteiger partial charge >= 0.3 is 12.0 Å². The molecule has 0 spiro atoms. The van der Waals surface area contributed by atoms with Crippen molar-refractivity contribution in [2.75, 3.05) is 11.1 Å². The van der Waals surface area contributed by atoms with E-state index in [0.29, 0.717) is 24.4 Å². The Kier molecular flexibility index (Phi) is 9.89. The number of carbonyl (C=O) groups excluding carboxylic acids is 1. The molecule has 0 bridgehead atoms. The number of benzene rings is 4. The zero-order chi connectivity index (χ0) is 29.3. The second-order valence-electron chi connectivity index (χ2n) is 9.91. The molecule has 1 aliphatic rings. The summed E-state index contributed by atoms with van der Waals surface area (Å²) in [6.45, 7) is 0.403. The Morgan fingerprint density at radius 1 is 0.810 bits per heavy atom. The number of ether oxygens (including phenoxy) is 2. The molecule has 0 unspecified atom stereocenters. The molecule has 2 amide bonds. The molecule has 4 aromatic carbocycles. The van der Waals surface area contributed by atoms with Gasteiger partial charge in [-0.2, -0.15) is 0 Å². The van der Waals surface area contributed by atoms with Crippen LogP contribution in [-0.4, -0.2) is 34.1 Å². The molecule has 9 heteroatoms. The molecule has 1 saturated heterocycles. The number of carboxylic acid groups (broad SMARTS) is 1. The number of hydrogen-bond donors (Lipinski definition) is 4. The van der Waals surface area contributed by atoms with Gasteiger partial charge in [0, 0.05) is 34.9 Å². The first-order valence-corrected chi connectivity index (χ1v) is 14.6. The van der Waals surface area contributed by atoms with Gasteiger partial charge in [0.25, 0.3) is 0 Å². The molecule has 0 radical (unpaired) electrons. The molecule has 0 aliphatic carbocycles. The largest absolute Gasteiger partial charge is 0.478 e. The van der Waals surface area contributed by atoms with Crippen LogP contribution in [0.1, 0.15) is 51.4 Å². The van der Waals surface area contributed by atoms with Crippen molar-refractivity contribution in [2.45, 2.75) is 43.0 Å². The van der Waals surface area contributed by atoms with Gasteiger partial charge in [0.1, 0.15) is 0 Å². The van der Waals surface area contributed by atoms with Crippen LogP contribution in [0, 0.1) is 0 Å². The van der Waals surface area contributed by atoms with Crippen molar-refractivity contribution in [1.82, 2.24) is 5.32 Å². The van der Waals surface area contributed by atoms with Crippen LogP contribution < -0.4 is 10.6 Å². The molecule has 1 fully saturated rings. The smallest absolute Gasteiger partial charge is 0.335 e. The molecule has 4 aromatic rings. The maximum Gasteiger partial charge on any atom is 0.335 e. The number of nitrogens with one attached hydrogen (secondary N) is 2. The molecule has 5 rings (SSSR count). The second kappa shape index (κ2) is 14.2. The van der Waals surface area contributed by atoms with E-state index in [1.165, 1.54) is 0 Å². The lowest BCUT2D eigenvalue weighted by Crippen LogP contribution is -2.31. The summed E-state index contributed by atoms with van der Waals surface area (Å²) in [7, 11) is 0. The monoisotopic (exact) mass is 584 g/mol. The average molecular weight is 585 g/mol. The Balaban J connectivity index is 1.25. The summed E-state index contributed by atoms with van der Waals surface area (Å²) in [5, 5.41) is 24.3. The van der Waals surface area contributed by atoms with Crippen molar-refractivity contribution >= 4 is 29.4 Å². The Labute approximate surface area is 248 Å². The predicted octanol–water partition coefficient (Wildman–Crippen LogP) is 6.54. The first-order chi connectivity index (χ1) is 20.5. The zero-order valence-electron chi connectivity index (χ0n) is 22.8. The maximum atomic E-state index is 12.4. The van der Waals surface area contributed by atoms with Crippen molar-refractivity contribution in [3.8, 4) is 0 Å². The lowest BCUT2D eigenvalue weighted by molar-refractivity contribution is -0.245. The first kappa shape index (κ1) is 29.3. The maximum absolute atomic E-state index is 12.4. The molecular formula is C33H32N2O6S. The summed E-state index contributed by atoms with van der Waals surface area (Å²) >= 11 is 1.60. The zero-order valence-corrected chi connectivity index (χ0v) is 23.6. The van der Waals surface area contributed by atoms with Crippen LogP contribution in [0.25, 0.3) is 0 Å². The van der Waals surface area contributed by atoms with E-state index in [4.69, 9.17) is 14.6 Å². The van der Waals surface area contributed by atoms with Gasteiger partial charge in [-0.3, -0.25) is 0 Å². The fourth-order valence-corrected chi connectivity index (χ4v) is 5.50. The van der Waals surface area contributed by atoms with Crippen molar-refractivity contribution in [3.63, 3.8) is 0 Å². The minimum absolute atomic E-state index is 0.0257. The molecule has 1 heterocycles. The summed E-state index contributed by atoms with van der Waals surface area (Å²) in [6, 6.07) is 31.3. The summed E-state index contributed by atoms with van der Waals surface area (Å²) in [5.74, 6) is -0.301. The van der Waals surface area contributed by atoms with Crippen LogP contribution in [0.2, 0.25) is 0 Å². The lowest BCUT2D eigenvalue weighted by atomic mass is 10.0. The molecule has 1 aliphatic heterocycles. The number of carboxylic acids is 1. The number of aromatic carboxylic acids is 1. The summed E-state index contributed by atoms with van der Waals surface area (Å²) in [4.78, 5) is 24.5. The van der Waals surface area contributed by atoms with Gasteiger partial charge in [0.2, 0.25) is 0 Å². The van der Waals surface area contributed by atoms with Crippen molar-refractivity contribution in [1.29, 1.82) is 0 Å². The fraction of sp³-hybridized carbons (Fsp3) is 0.212. The van der Waals surface area contributed by atoms with Crippen molar-refractivity contribution in [2.24, 2.45) is 0 Å². The van der Waals surface area contributed by atoms with Crippen molar-refractivity contribution < 1.29 is 29.3 Å². The highest BCUT2D eigenvalue weighted by molar-refractivity contribution is 7.99. The number of thioether (sulfide) groups is 1. The van der Waals surface area contributed by atoms with E-state index in [0.717, 1.165) is 27.1 Å². The minimum Gasteiger partial charge on any atom is -0.478 e. The van der Waals surface area contributed by atoms with Gasteiger partial charge in [-0.1, -0.05) is 66.7 Å². The van der Waals surface area contributed by atoms with Gasteiger partial charge in [-0.15, -0.1) is 11.8 Å². The SMILES string of the molecule is O=C(NCc1ccccc1)Nc1ccc([C@@H]2O[C@H](CSc3ccc(C(=O)O)cc3)C[C@H](c3ccc(CO)cc3)O2)cc1. The molecule has 42 heavy (non-hydrogen) atoms. The Bertz CT molecular complexity index is 1460. The molecule has 4 N–H and O–H groups in total. The van der Waals surface area contributed by atoms with Gasteiger partial charge < -0.3 is 30.3 Å². The third kappa shape index (κ3) is 7.98. The third-order valence-corrected chi connectivity index (χ3v) is 8.03. The number of amides is 2. The summed E-state index contributed by atoms with van der Waals surface area (Å²) in [6.07, 6.45) is -0.353. The van der Waals surface area contributed by atoms with Gasteiger partial charge in [-0.05, 0) is 53.1 Å². The highest BCUT2D eigenvalue weighted by atomic mass is 32.2. The number of rotatable bonds is 10. The highest BCUT2D eigenvalue weighted by Crippen LogP contribution is 2.39. The van der Waals surface area contributed by atoms with E-state index in [2.05, 4.69) is 10.6 Å². The average Bonchev–Trinajstić information content (AvgIpc) is 3.04. The third-order valence-electron chi connectivity index (χ3n) is 6.89. The van der Waals surface area contributed by atoms with E-state index in [1.807, 2.05) is 78.9 Å². The quantitative estimate of drug-likeness (QED) is 0.157. The van der Waals surface area contributed by atoms with Crippen LogP contribution >= 0.6 is 11.8 Å². The van der Waals surface area contributed by atoms with E-state index in [-0.39, 0.29) is 30.4 Å². The molecule has 3 atom stereocenters. The molecular weight excluding hydrogens is 552 g/mol. The fourth-order valence-electron chi connectivity index (χ4n) is 4.58. The standard InChI is InChI=1S/C33H32N2O6S/c36-20-23-6-8-24(9-7-23)30-18-28(21-42-29-16-12-25(13-17-29)31(37)38)40-32(41-30)26-10-14-27(15-11-26)35-33(39)34-19-22-4-2-1-3-5-22/h1-17,28,30,32,36H,18-21H2,(H,37,38)(H2,34,35,39)/t28-,30+,32+/m0/s1. The molecule has 216 valence electrons. The number of aliphatic hydroxyl groups excluding tert-OH is 1. The van der Waals surface area contributed by atoms with Crippen LogP contribution in [0.5, 0.6) is 0 Å². The van der Waals surface area contributed by atoms with Crippen LogP contribution in [0.4, 0.5) is 10.5 Å². The number of aliphatic hydroxyl groups is 1. The lowest BCUT2D eigenvalue weighted by Gasteiger charge is -2.36. The highest BCUT2D eigenvalue weighted by Gasteiger charge is 2.32. The number of hydrogen-bond acceptors (Lipinski definition) is 6. The Hall–Kier alpha value is -4.15. The first-order valence-electron chi connectivity index (χ1n) is 13.6. The predicted molar refractivity (Wildman–Crippen MR) is 161 cm³/mol. The van der Waals surface area contributed by atoms with Gasteiger partial charge in [0.15, 0.2) is 6.29 Å². The Morgan fingerprint density at radius 2 is 1.50 bits per heavy atom. The molecule has 0 saturated carbocycles. The summed E-state index contributed by atoms with van der Waals surface area (Å²) in [5.41, 5.74) is 4.56. The number of carbonyl (C=O) groups is 2. The second-order valence-corrected chi connectivity index (χ2v) is 11.0. The van der Waals surface area contributed by atoms with E-state index < -0.39 is 12.3 Å². The van der Waals surface area contributed by atoms with Crippen molar-refractivity contribution in [3.05, 3.63) is 131 Å². The van der Waals surface area contributed by atoms with E-state index in [9.17, 15) is 14.7 Å². The molecule has 0 aromatic heterocycles. The van der Waals surface area contributed by atoms with Crippen LogP contribution in [0.3, 0.4) is 0 Å². The number of anilines is 1. The van der Waals surface area contributed by atoms with Gasteiger partial charge in [-0.25, -0.2) is 9.59 Å². The minimum atomic E-state index is -0.953.